The van der Waals surface area contributed by atoms with Crippen molar-refractivity contribution in [3.8, 4) is 0 Å². The Labute approximate surface area is 90.4 Å². The van der Waals surface area contributed by atoms with E-state index in [-0.39, 0.29) is 0 Å². The van der Waals surface area contributed by atoms with Crippen molar-refractivity contribution in [3.63, 3.8) is 0 Å². The van der Waals surface area contributed by atoms with E-state index in [9.17, 15) is 0 Å². The summed E-state index contributed by atoms with van der Waals surface area (Å²) in [6, 6.07) is 0.363. The standard InChI is InChI=1S/C11H19N3O/c1-8(12-2)10-7-13-14-11(10)9-3-5-15-6-4-9/h7-9,12H,3-6H2,1-2H3,(H,13,14). The van der Waals surface area contributed by atoms with Gasteiger partial charge in [-0.15, -0.1) is 0 Å². The van der Waals surface area contributed by atoms with E-state index in [0.717, 1.165) is 26.1 Å². The van der Waals surface area contributed by atoms with Gasteiger partial charge in [-0.2, -0.15) is 5.10 Å². The third-order valence-electron chi connectivity index (χ3n) is 3.23. The largest absolute Gasteiger partial charge is 0.381 e. The molecule has 15 heavy (non-hydrogen) atoms. The zero-order chi connectivity index (χ0) is 10.7. The summed E-state index contributed by atoms with van der Waals surface area (Å²) in [5.74, 6) is 0.590. The molecule has 0 bridgehead atoms. The van der Waals surface area contributed by atoms with Gasteiger partial charge in [-0.05, 0) is 26.8 Å². The van der Waals surface area contributed by atoms with E-state index in [2.05, 4.69) is 22.4 Å². The highest BCUT2D eigenvalue weighted by molar-refractivity contribution is 5.24. The Kier molecular flexibility index (Phi) is 3.38. The van der Waals surface area contributed by atoms with Gasteiger partial charge in [0.05, 0.1) is 6.20 Å². The SMILES string of the molecule is CNC(C)c1cn[nH]c1C1CCOCC1. The average Bonchev–Trinajstić information content (AvgIpc) is 2.78. The molecule has 0 aliphatic carbocycles. The summed E-state index contributed by atoms with van der Waals surface area (Å²) < 4.78 is 5.37. The normalized spacial score (nSPS) is 20.4. The lowest BCUT2D eigenvalue weighted by Gasteiger charge is -2.23. The van der Waals surface area contributed by atoms with E-state index in [0.29, 0.717) is 12.0 Å². The van der Waals surface area contributed by atoms with Gasteiger partial charge in [-0.3, -0.25) is 5.10 Å². The molecule has 0 amide bonds. The van der Waals surface area contributed by atoms with Gasteiger partial charge in [0.2, 0.25) is 0 Å². The average molecular weight is 209 g/mol. The maximum Gasteiger partial charge on any atom is 0.0538 e. The fourth-order valence-electron chi connectivity index (χ4n) is 2.12. The molecule has 4 nitrogen and oxygen atoms in total. The van der Waals surface area contributed by atoms with Gasteiger partial charge >= 0.3 is 0 Å². The van der Waals surface area contributed by atoms with E-state index in [4.69, 9.17) is 4.74 Å². The van der Waals surface area contributed by atoms with Gasteiger partial charge in [0.15, 0.2) is 0 Å². The number of ether oxygens (including phenoxy) is 1. The first-order valence-electron chi connectivity index (χ1n) is 5.61. The van der Waals surface area contributed by atoms with Crippen molar-refractivity contribution in [2.24, 2.45) is 0 Å². The minimum atomic E-state index is 0.363. The molecule has 1 aromatic heterocycles. The summed E-state index contributed by atoms with van der Waals surface area (Å²) in [6.07, 6.45) is 4.14. The Balaban J connectivity index is 2.15. The first-order valence-corrected chi connectivity index (χ1v) is 5.61. The Morgan fingerprint density at radius 1 is 1.53 bits per heavy atom. The van der Waals surface area contributed by atoms with Crippen LogP contribution in [0.1, 0.15) is 43.0 Å². The van der Waals surface area contributed by atoms with Crippen LogP contribution in [0.5, 0.6) is 0 Å². The van der Waals surface area contributed by atoms with Crippen LogP contribution in [0.2, 0.25) is 0 Å². The van der Waals surface area contributed by atoms with Crippen LogP contribution in [0.3, 0.4) is 0 Å². The minimum Gasteiger partial charge on any atom is -0.381 e. The fourth-order valence-corrected chi connectivity index (χ4v) is 2.12. The summed E-state index contributed by atoms with van der Waals surface area (Å²) in [6.45, 7) is 3.90. The zero-order valence-electron chi connectivity index (χ0n) is 9.42. The number of hydrogen-bond acceptors (Lipinski definition) is 3. The number of nitrogens with one attached hydrogen (secondary N) is 2. The van der Waals surface area contributed by atoms with Crippen LogP contribution in [-0.4, -0.2) is 30.5 Å². The summed E-state index contributed by atoms with van der Waals surface area (Å²) >= 11 is 0. The zero-order valence-corrected chi connectivity index (χ0v) is 9.42. The number of nitrogens with zero attached hydrogens (tertiary/aromatic N) is 1. The van der Waals surface area contributed by atoms with Gasteiger partial charge in [0.25, 0.3) is 0 Å². The lowest BCUT2D eigenvalue weighted by Crippen LogP contribution is -2.19. The van der Waals surface area contributed by atoms with Gasteiger partial charge in [0.1, 0.15) is 0 Å². The number of aromatic amines is 1. The maximum atomic E-state index is 5.37. The lowest BCUT2D eigenvalue weighted by atomic mass is 9.92. The quantitative estimate of drug-likeness (QED) is 0.794. The van der Waals surface area contributed by atoms with Gasteiger partial charge in [0, 0.05) is 36.4 Å². The molecule has 1 fully saturated rings. The van der Waals surface area contributed by atoms with Crippen LogP contribution in [0.25, 0.3) is 0 Å². The molecule has 1 aromatic rings. The van der Waals surface area contributed by atoms with Gasteiger partial charge in [-0.1, -0.05) is 0 Å². The van der Waals surface area contributed by atoms with Crippen molar-refractivity contribution < 1.29 is 4.74 Å². The van der Waals surface area contributed by atoms with E-state index >= 15 is 0 Å². The van der Waals surface area contributed by atoms with Crippen LogP contribution < -0.4 is 5.32 Å². The van der Waals surface area contributed by atoms with E-state index in [1.807, 2.05) is 13.2 Å². The molecule has 1 atom stereocenters. The Bertz CT molecular complexity index is 305. The molecular weight excluding hydrogens is 190 g/mol. The van der Waals surface area contributed by atoms with Crippen LogP contribution >= 0.6 is 0 Å². The van der Waals surface area contributed by atoms with Crippen LogP contribution in [-0.2, 0) is 4.74 Å². The number of aromatic nitrogens is 2. The molecular formula is C11H19N3O. The van der Waals surface area contributed by atoms with Crippen molar-refractivity contribution in [2.45, 2.75) is 31.7 Å². The molecule has 0 spiro atoms. The van der Waals surface area contributed by atoms with Crippen molar-refractivity contribution in [3.05, 3.63) is 17.5 Å². The fraction of sp³-hybridized carbons (Fsp3) is 0.727. The Morgan fingerprint density at radius 3 is 2.93 bits per heavy atom. The molecule has 1 saturated heterocycles. The summed E-state index contributed by atoms with van der Waals surface area (Å²) in [5, 5.41) is 10.6. The second-order valence-corrected chi connectivity index (χ2v) is 4.14. The van der Waals surface area contributed by atoms with E-state index < -0.39 is 0 Å². The molecule has 0 radical (unpaired) electrons. The topological polar surface area (TPSA) is 49.9 Å². The molecule has 2 N–H and O–H groups in total. The number of H-pyrrole nitrogens is 1. The molecule has 0 aromatic carbocycles. The third-order valence-corrected chi connectivity index (χ3v) is 3.23. The van der Waals surface area contributed by atoms with Crippen molar-refractivity contribution in [1.29, 1.82) is 0 Å². The first kappa shape index (κ1) is 10.6. The maximum absolute atomic E-state index is 5.37. The number of hydrogen-bond donors (Lipinski definition) is 2. The highest BCUT2D eigenvalue weighted by Crippen LogP contribution is 2.30. The highest BCUT2D eigenvalue weighted by atomic mass is 16.5. The van der Waals surface area contributed by atoms with Crippen molar-refractivity contribution in [1.82, 2.24) is 15.5 Å². The summed E-state index contributed by atoms with van der Waals surface area (Å²) in [4.78, 5) is 0. The predicted octanol–water partition coefficient (Wildman–Crippen LogP) is 1.58. The lowest BCUT2D eigenvalue weighted by molar-refractivity contribution is 0.0842. The van der Waals surface area contributed by atoms with E-state index in [1.165, 1.54) is 11.3 Å². The molecule has 1 aliphatic rings. The van der Waals surface area contributed by atoms with Crippen molar-refractivity contribution in [2.75, 3.05) is 20.3 Å². The van der Waals surface area contributed by atoms with Crippen LogP contribution in [0.15, 0.2) is 6.20 Å². The molecule has 0 saturated carbocycles. The second kappa shape index (κ2) is 4.77. The Hall–Kier alpha value is -0.870. The third kappa shape index (κ3) is 2.21. The molecule has 84 valence electrons. The van der Waals surface area contributed by atoms with Crippen LogP contribution in [0.4, 0.5) is 0 Å². The van der Waals surface area contributed by atoms with Gasteiger partial charge in [-0.25, -0.2) is 0 Å². The highest BCUT2D eigenvalue weighted by Gasteiger charge is 2.22. The smallest absolute Gasteiger partial charge is 0.0538 e. The van der Waals surface area contributed by atoms with Gasteiger partial charge < -0.3 is 10.1 Å². The molecule has 1 unspecified atom stereocenters. The van der Waals surface area contributed by atoms with E-state index in [1.54, 1.807) is 0 Å². The molecule has 4 heteroatoms. The molecule has 2 rings (SSSR count). The van der Waals surface area contributed by atoms with Crippen LogP contribution in [0, 0.1) is 0 Å². The Morgan fingerprint density at radius 2 is 2.27 bits per heavy atom. The molecule has 1 aliphatic heterocycles. The summed E-state index contributed by atoms with van der Waals surface area (Å²) in [7, 11) is 1.98. The second-order valence-electron chi connectivity index (χ2n) is 4.14. The number of rotatable bonds is 3. The monoisotopic (exact) mass is 209 g/mol. The predicted molar refractivity (Wildman–Crippen MR) is 58.9 cm³/mol. The minimum absolute atomic E-state index is 0.363. The van der Waals surface area contributed by atoms with Crippen molar-refractivity contribution >= 4 is 0 Å². The summed E-state index contributed by atoms with van der Waals surface area (Å²) in [5.41, 5.74) is 2.59. The molecule has 2 heterocycles. The first-order chi connectivity index (χ1) is 7.33.